The van der Waals surface area contributed by atoms with E-state index >= 15 is 0 Å². The van der Waals surface area contributed by atoms with Crippen molar-refractivity contribution in [3.05, 3.63) is 12.2 Å². The lowest BCUT2D eigenvalue weighted by Crippen LogP contribution is -2.30. The molecule has 0 aromatic rings. The molecule has 0 aromatic carbocycles. The zero-order valence-corrected chi connectivity index (χ0v) is 10.9. The third-order valence-electron chi connectivity index (χ3n) is 2.89. The maximum atomic E-state index is 11.3. The molecule has 0 spiro atoms. The molecule has 1 fully saturated rings. The lowest BCUT2D eigenvalue weighted by atomic mass is 10.2. The third-order valence-corrected chi connectivity index (χ3v) is 3.98. The Balaban J connectivity index is 2.20. The van der Waals surface area contributed by atoms with Crippen LogP contribution in [0.15, 0.2) is 12.2 Å². The summed E-state index contributed by atoms with van der Waals surface area (Å²) in [6.45, 7) is 6.49. The highest BCUT2D eigenvalue weighted by Gasteiger charge is 2.23. The Bertz CT molecular complexity index is 255. The standard InChI is InChI=1S/C12H21NO2S/c1-4-15-12(14)9(2)8-13-10-5-6-11(7-10)16-3/h10-11,13H,2,4-8H2,1,3H3. The lowest BCUT2D eigenvalue weighted by molar-refractivity contribution is -0.138. The molecule has 0 radical (unpaired) electrons. The first-order valence-electron chi connectivity index (χ1n) is 5.78. The Morgan fingerprint density at radius 1 is 1.56 bits per heavy atom. The van der Waals surface area contributed by atoms with Crippen molar-refractivity contribution in [3.8, 4) is 0 Å². The second-order valence-corrected chi connectivity index (χ2v) is 5.21. The molecule has 0 heterocycles. The minimum absolute atomic E-state index is 0.283. The molecule has 1 N–H and O–H groups in total. The number of carbonyl (C=O) groups excluding carboxylic acids is 1. The summed E-state index contributed by atoms with van der Waals surface area (Å²) < 4.78 is 4.88. The average Bonchev–Trinajstić information content (AvgIpc) is 2.74. The van der Waals surface area contributed by atoms with Gasteiger partial charge in [0.2, 0.25) is 0 Å². The van der Waals surface area contributed by atoms with Gasteiger partial charge in [-0.3, -0.25) is 0 Å². The molecule has 2 atom stereocenters. The monoisotopic (exact) mass is 243 g/mol. The van der Waals surface area contributed by atoms with E-state index in [-0.39, 0.29) is 5.97 Å². The van der Waals surface area contributed by atoms with Crippen LogP contribution in [0.2, 0.25) is 0 Å². The maximum absolute atomic E-state index is 11.3. The van der Waals surface area contributed by atoms with E-state index in [1.165, 1.54) is 19.3 Å². The van der Waals surface area contributed by atoms with Crippen molar-refractivity contribution in [2.45, 2.75) is 37.5 Å². The average molecular weight is 243 g/mol. The van der Waals surface area contributed by atoms with Crippen LogP contribution in [0.4, 0.5) is 0 Å². The third kappa shape index (κ3) is 4.18. The molecule has 92 valence electrons. The summed E-state index contributed by atoms with van der Waals surface area (Å²) in [5.41, 5.74) is 0.523. The van der Waals surface area contributed by atoms with Crippen LogP contribution >= 0.6 is 11.8 Å². The summed E-state index contributed by atoms with van der Waals surface area (Å²) in [6.07, 6.45) is 5.81. The number of carbonyl (C=O) groups is 1. The van der Waals surface area contributed by atoms with E-state index in [1.54, 1.807) is 6.92 Å². The van der Waals surface area contributed by atoms with Gasteiger partial charge in [0.1, 0.15) is 0 Å². The number of hydrogen-bond acceptors (Lipinski definition) is 4. The van der Waals surface area contributed by atoms with Gasteiger partial charge in [0.05, 0.1) is 6.61 Å². The Hall–Kier alpha value is -0.480. The minimum atomic E-state index is -0.283. The first kappa shape index (κ1) is 13.6. The summed E-state index contributed by atoms with van der Waals surface area (Å²) in [4.78, 5) is 11.3. The quantitative estimate of drug-likeness (QED) is 0.572. The van der Waals surface area contributed by atoms with E-state index in [0.29, 0.717) is 24.8 Å². The highest BCUT2D eigenvalue weighted by Crippen LogP contribution is 2.28. The second kappa shape index (κ2) is 6.97. The van der Waals surface area contributed by atoms with E-state index in [2.05, 4.69) is 18.2 Å². The molecule has 0 aromatic heterocycles. The molecule has 0 aliphatic heterocycles. The smallest absolute Gasteiger partial charge is 0.334 e. The van der Waals surface area contributed by atoms with Crippen molar-refractivity contribution in [1.82, 2.24) is 5.32 Å². The summed E-state index contributed by atoms with van der Waals surface area (Å²) in [5.74, 6) is -0.283. The first-order chi connectivity index (χ1) is 7.67. The Morgan fingerprint density at radius 2 is 2.31 bits per heavy atom. The van der Waals surface area contributed by atoms with Crippen molar-refractivity contribution in [3.63, 3.8) is 0 Å². The number of hydrogen-bond donors (Lipinski definition) is 1. The summed E-state index contributed by atoms with van der Waals surface area (Å²) in [7, 11) is 0. The molecule has 0 bridgehead atoms. The van der Waals surface area contributed by atoms with Gasteiger partial charge >= 0.3 is 5.97 Å². The fourth-order valence-corrected chi connectivity index (χ4v) is 2.71. The number of ether oxygens (including phenoxy) is 1. The van der Waals surface area contributed by atoms with Crippen molar-refractivity contribution in [1.29, 1.82) is 0 Å². The van der Waals surface area contributed by atoms with Gasteiger partial charge < -0.3 is 10.1 Å². The van der Waals surface area contributed by atoms with Crippen molar-refractivity contribution in [2.24, 2.45) is 0 Å². The zero-order valence-electron chi connectivity index (χ0n) is 10.1. The van der Waals surface area contributed by atoms with Crippen LogP contribution in [0.25, 0.3) is 0 Å². The van der Waals surface area contributed by atoms with Gasteiger partial charge in [-0.05, 0) is 32.4 Å². The predicted octanol–water partition coefficient (Wildman–Crippen LogP) is 1.98. The van der Waals surface area contributed by atoms with E-state index in [1.807, 2.05) is 11.8 Å². The number of thioether (sulfide) groups is 1. The van der Waals surface area contributed by atoms with Crippen LogP contribution < -0.4 is 5.32 Å². The topological polar surface area (TPSA) is 38.3 Å². The minimum Gasteiger partial charge on any atom is -0.463 e. The van der Waals surface area contributed by atoms with Crippen LogP contribution in [-0.2, 0) is 9.53 Å². The first-order valence-corrected chi connectivity index (χ1v) is 7.07. The summed E-state index contributed by atoms with van der Waals surface area (Å²) >= 11 is 1.93. The van der Waals surface area contributed by atoms with E-state index in [9.17, 15) is 4.79 Å². The predicted molar refractivity (Wildman–Crippen MR) is 68.7 cm³/mol. The van der Waals surface area contributed by atoms with Gasteiger partial charge in [-0.1, -0.05) is 6.58 Å². The largest absolute Gasteiger partial charge is 0.463 e. The van der Waals surface area contributed by atoms with Gasteiger partial charge in [0.25, 0.3) is 0 Å². The van der Waals surface area contributed by atoms with Gasteiger partial charge in [0.15, 0.2) is 0 Å². The van der Waals surface area contributed by atoms with E-state index < -0.39 is 0 Å². The van der Waals surface area contributed by atoms with Crippen molar-refractivity contribution >= 4 is 17.7 Å². The Morgan fingerprint density at radius 3 is 2.88 bits per heavy atom. The Kier molecular flexibility index (Phi) is 5.91. The summed E-state index contributed by atoms with van der Waals surface area (Å²) in [5, 5.41) is 4.14. The van der Waals surface area contributed by atoms with Crippen molar-refractivity contribution < 1.29 is 9.53 Å². The van der Waals surface area contributed by atoms with Crippen LogP contribution in [0.5, 0.6) is 0 Å². The lowest BCUT2D eigenvalue weighted by Gasteiger charge is -2.13. The highest BCUT2D eigenvalue weighted by molar-refractivity contribution is 7.99. The number of nitrogens with one attached hydrogen (secondary N) is 1. The molecular weight excluding hydrogens is 222 g/mol. The van der Waals surface area contributed by atoms with Crippen LogP contribution in [0.1, 0.15) is 26.2 Å². The van der Waals surface area contributed by atoms with Gasteiger partial charge in [-0.15, -0.1) is 0 Å². The normalized spacial score (nSPS) is 24.4. The molecule has 3 nitrogen and oxygen atoms in total. The van der Waals surface area contributed by atoms with E-state index in [4.69, 9.17) is 4.74 Å². The van der Waals surface area contributed by atoms with Crippen molar-refractivity contribution in [2.75, 3.05) is 19.4 Å². The van der Waals surface area contributed by atoms with Gasteiger partial charge in [-0.25, -0.2) is 4.79 Å². The van der Waals surface area contributed by atoms with Crippen LogP contribution in [0, 0.1) is 0 Å². The molecule has 1 aliphatic carbocycles. The highest BCUT2D eigenvalue weighted by atomic mass is 32.2. The molecule has 16 heavy (non-hydrogen) atoms. The van der Waals surface area contributed by atoms with Crippen LogP contribution in [-0.4, -0.2) is 36.7 Å². The molecular formula is C12H21NO2S. The number of esters is 1. The SMILES string of the molecule is C=C(CNC1CCC(SC)C1)C(=O)OCC. The molecule has 1 aliphatic rings. The summed E-state index contributed by atoms with van der Waals surface area (Å²) in [6, 6.07) is 0.531. The van der Waals surface area contributed by atoms with Crippen LogP contribution in [0.3, 0.4) is 0 Å². The Labute approximate surface area is 102 Å². The number of rotatable bonds is 6. The second-order valence-electron chi connectivity index (χ2n) is 4.07. The zero-order chi connectivity index (χ0) is 12.0. The fraction of sp³-hybridized carbons (Fsp3) is 0.750. The molecule has 0 amide bonds. The maximum Gasteiger partial charge on any atom is 0.334 e. The fourth-order valence-electron chi connectivity index (χ4n) is 1.91. The van der Waals surface area contributed by atoms with E-state index in [0.717, 1.165) is 5.25 Å². The molecule has 1 saturated carbocycles. The molecule has 4 heteroatoms. The molecule has 2 unspecified atom stereocenters. The van der Waals surface area contributed by atoms with Gasteiger partial charge in [0, 0.05) is 23.4 Å². The molecule has 0 saturated heterocycles. The van der Waals surface area contributed by atoms with Gasteiger partial charge in [-0.2, -0.15) is 11.8 Å². The molecule has 1 rings (SSSR count).